The second-order valence-electron chi connectivity index (χ2n) is 7.38. The van der Waals surface area contributed by atoms with E-state index in [1.807, 2.05) is 29.2 Å². The first-order chi connectivity index (χ1) is 13.7. The molecule has 2 aliphatic heterocycles. The Kier molecular flexibility index (Phi) is 4.07. The van der Waals surface area contributed by atoms with Crippen molar-refractivity contribution in [1.29, 1.82) is 0 Å². The number of amides is 1. The molecule has 0 spiro atoms. The largest absolute Gasteiger partial charge is 0.489 e. The highest BCUT2D eigenvalue weighted by molar-refractivity contribution is 6.00. The first-order valence-corrected chi connectivity index (χ1v) is 9.57. The Morgan fingerprint density at radius 2 is 2.11 bits per heavy atom. The van der Waals surface area contributed by atoms with Crippen molar-refractivity contribution in [3.63, 3.8) is 0 Å². The van der Waals surface area contributed by atoms with Crippen LogP contribution in [0.3, 0.4) is 0 Å². The van der Waals surface area contributed by atoms with Crippen molar-refractivity contribution >= 4 is 17.3 Å². The van der Waals surface area contributed by atoms with Crippen molar-refractivity contribution in [2.45, 2.75) is 25.4 Å². The molecule has 0 N–H and O–H groups in total. The number of likely N-dealkylation sites (tertiary alicyclic amines) is 1. The lowest BCUT2D eigenvalue weighted by molar-refractivity contribution is 0.0410. The summed E-state index contributed by atoms with van der Waals surface area (Å²) in [5.41, 5.74) is 1.72. The Bertz CT molecular complexity index is 1060. The minimum absolute atomic E-state index is 0.0686. The summed E-state index contributed by atoms with van der Waals surface area (Å²) in [5, 5.41) is 4.22. The van der Waals surface area contributed by atoms with Gasteiger partial charge in [0.15, 0.2) is 11.4 Å². The number of benzene rings is 1. The minimum Gasteiger partial charge on any atom is -0.489 e. The number of carbonyl (C=O) groups excluding carboxylic acids is 2. The number of carbonyl (C=O) groups is 2. The average molecular weight is 376 g/mol. The Hall–Kier alpha value is -3.22. The molecule has 0 bridgehead atoms. The van der Waals surface area contributed by atoms with Gasteiger partial charge in [-0.05, 0) is 31.0 Å². The average Bonchev–Trinajstić information content (AvgIpc) is 3.17. The third kappa shape index (κ3) is 2.83. The molecule has 3 aromatic rings. The maximum absolute atomic E-state index is 13.1. The monoisotopic (exact) mass is 376 g/mol. The number of piperidine rings is 1. The van der Waals surface area contributed by atoms with Crippen LogP contribution in [0, 0.1) is 5.92 Å². The predicted molar refractivity (Wildman–Crippen MR) is 101 cm³/mol. The maximum Gasteiger partial charge on any atom is 0.259 e. The molecule has 2 aliphatic rings. The lowest BCUT2D eigenvalue weighted by Gasteiger charge is -2.38. The van der Waals surface area contributed by atoms with Crippen molar-refractivity contribution in [1.82, 2.24) is 19.5 Å². The molecule has 1 amide bonds. The third-order valence-electron chi connectivity index (χ3n) is 5.63. The second-order valence-corrected chi connectivity index (χ2v) is 7.38. The molecule has 4 heterocycles. The van der Waals surface area contributed by atoms with E-state index in [1.165, 1.54) is 0 Å². The quantitative estimate of drug-likeness (QED) is 0.687. The van der Waals surface area contributed by atoms with E-state index in [0.717, 1.165) is 12.8 Å². The van der Waals surface area contributed by atoms with Crippen LogP contribution in [0.15, 0.2) is 48.9 Å². The van der Waals surface area contributed by atoms with Gasteiger partial charge in [0.2, 0.25) is 0 Å². The van der Waals surface area contributed by atoms with E-state index in [1.54, 1.807) is 29.2 Å². The number of Topliss-reactive ketones (excluding diaryl/α,β-unsaturated/α-hetero) is 1. The minimum atomic E-state index is -0.194. The summed E-state index contributed by atoms with van der Waals surface area (Å²) in [5.74, 6) is 0.826. The van der Waals surface area contributed by atoms with Gasteiger partial charge in [-0.2, -0.15) is 5.10 Å². The zero-order valence-electron chi connectivity index (χ0n) is 15.3. The molecule has 1 fully saturated rings. The number of hydrogen-bond acceptors (Lipinski definition) is 5. The van der Waals surface area contributed by atoms with Crippen LogP contribution < -0.4 is 4.74 Å². The predicted octanol–water partition coefficient (Wildman–Crippen LogP) is 2.62. The van der Waals surface area contributed by atoms with E-state index in [9.17, 15) is 9.59 Å². The molecule has 1 saturated heterocycles. The molecule has 0 aliphatic carbocycles. The topological polar surface area (TPSA) is 76.8 Å². The van der Waals surface area contributed by atoms with Crippen molar-refractivity contribution < 1.29 is 14.3 Å². The first kappa shape index (κ1) is 16.9. The number of fused-ring (bicyclic) bond motifs is 2. The van der Waals surface area contributed by atoms with E-state index in [-0.39, 0.29) is 23.7 Å². The van der Waals surface area contributed by atoms with Gasteiger partial charge in [-0.25, -0.2) is 9.50 Å². The van der Waals surface area contributed by atoms with Crippen LogP contribution in [0.2, 0.25) is 0 Å². The lowest BCUT2D eigenvalue weighted by Crippen LogP contribution is -2.46. The van der Waals surface area contributed by atoms with Crippen LogP contribution >= 0.6 is 0 Å². The summed E-state index contributed by atoms with van der Waals surface area (Å²) in [6.07, 6.45) is 7.01. The number of rotatable bonds is 2. The smallest absolute Gasteiger partial charge is 0.259 e. The Morgan fingerprint density at radius 3 is 3.04 bits per heavy atom. The normalized spacial score (nSPS) is 22.0. The van der Waals surface area contributed by atoms with Crippen LogP contribution in [0.5, 0.6) is 5.75 Å². The van der Waals surface area contributed by atoms with Crippen LogP contribution in [0.4, 0.5) is 0 Å². The van der Waals surface area contributed by atoms with E-state index >= 15 is 0 Å². The summed E-state index contributed by atoms with van der Waals surface area (Å²) >= 11 is 0. The van der Waals surface area contributed by atoms with Crippen LogP contribution in [-0.2, 0) is 0 Å². The van der Waals surface area contributed by atoms with Gasteiger partial charge in [0.1, 0.15) is 17.4 Å². The van der Waals surface area contributed by atoms with Gasteiger partial charge < -0.3 is 9.64 Å². The van der Waals surface area contributed by atoms with Gasteiger partial charge in [-0.15, -0.1) is 0 Å². The van der Waals surface area contributed by atoms with Crippen molar-refractivity contribution in [2.75, 3.05) is 13.1 Å². The van der Waals surface area contributed by atoms with Crippen LogP contribution in [-0.4, -0.2) is 50.4 Å². The van der Waals surface area contributed by atoms with Gasteiger partial charge in [-0.3, -0.25) is 9.59 Å². The van der Waals surface area contributed by atoms with Crippen molar-refractivity contribution in [3.8, 4) is 5.75 Å². The fraction of sp³-hybridized carbons (Fsp3) is 0.333. The first-order valence-electron chi connectivity index (χ1n) is 9.57. The maximum atomic E-state index is 13.1. The molecule has 7 nitrogen and oxygen atoms in total. The number of para-hydroxylation sites is 1. The number of ether oxygens (including phenoxy) is 1. The SMILES string of the molecule is O=C1CC(C2CCCN(C(=O)c3cnn4cccnc34)C2)Oc2ccccc21. The molecule has 7 heteroatoms. The highest BCUT2D eigenvalue weighted by Crippen LogP contribution is 2.33. The summed E-state index contributed by atoms with van der Waals surface area (Å²) in [6.45, 7) is 1.26. The van der Waals surface area contributed by atoms with Gasteiger partial charge in [0.25, 0.3) is 5.91 Å². The summed E-state index contributed by atoms with van der Waals surface area (Å²) in [7, 11) is 0. The summed E-state index contributed by atoms with van der Waals surface area (Å²) in [4.78, 5) is 31.7. The number of ketones is 1. The van der Waals surface area contributed by atoms with E-state index in [2.05, 4.69) is 10.1 Å². The third-order valence-corrected chi connectivity index (χ3v) is 5.63. The zero-order chi connectivity index (χ0) is 19.1. The highest BCUT2D eigenvalue weighted by atomic mass is 16.5. The molecule has 5 rings (SSSR count). The molecule has 28 heavy (non-hydrogen) atoms. The molecule has 142 valence electrons. The Balaban J connectivity index is 1.35. The second kappa shape index (κ2) is 6.74. The molecular formula is C21H20N4O3. The van der Waals surface area contributed by atoms with E-state index in [4.69, 9.17) is 4.74 Å². The lowest BCUT2D eigenvalue weighted by atomic mass is 9.86. The highest BCUT2D eigenvalue weighted by Gasteiger charge is 2.36. The van der Waals surface area contributed by atoms with Crippen LogP contribution in [0.1, 0.15) is 40.0 Å². The molecule has 2 aromatic heterocycles. The standard InChI is InChI=1S/C21H20N4O3/c26-17-11-19(28-18-7-2-1-6-15(17)18)14-5-3-9-24(13-14)21(27)16-12-23-25-10-4-8-22-20(16)25/h1-2,4,6-8,10,12,14,19H,3,5,9,11,13H2. The number of hydrogen-bond donors (Lipinski definition) is 0. The van der Waals surface area contributed by atoms with Crippen molar-refractivity contribution in [2.24, 2.45) is 5.92 Å². The molecule has 0 saturated carbocycles. The van der Waals surface area contributed by atoms with E-state index in [0.29, 0.717) is 42.0 Å². The van der Waals surface area contributed by atoms with Gasteiger partial charge in [0.05, 0.1) is 11.8 Å². The fourth-order valence-corrected chi connectivity index (χ4v) is 4.21. The molecule has 2 atom stereocenters. The zero-order valence-corrected chi connectivity index (χ0v) is 15.3. The number of nitrogens with zero attached hydrogens (tertiary/aromatic N) is 4. The van der Waals surface area contributed by atoms with Crippen LogP contribution in [0.25, 0.3) is 5.65 Å². The molecule has 0 radical (unpaired) electrons. The van der Waals surface area contributed by atoms with E-state index < -0.39 is 0 Å². The Morgan fingerprint density at radius 1 is 1.21 bits per heavy atom. The van der Waals surface area contributed by atoms with Gasteiger partial charge >= 0.3 is 0 Å². The molecule has 1 aromatic carbocycles. The summed E-state index contributed by atoms with van der Waals surface area (Å²) in [6, 6.07) is 9.16. The van der Waals surface area contributed by atoms with Gasteiger partial charge in [-0.1, -0.05) is 12.1 Å². The number of aromatic nitrogens is 3. The van der Waals surface area contributed by atoms with Crippen molar-refractivity contribution in [3.05, 3.63) is 60.0 Å². The summed E-state index contributed by atoms with van der Waals surface area (Å²) < 4.78 is 7.75. The molecule has 2 unspecified atom stereocenters. The Labute approximate surface area is 161 Å². The van der Waals surface area contributed by atoms with Gasteiger partial charge in [0, 0.05) is 37.8 Å². The fourth-order valence-electron chi connectivity index (χ4n) is 4.21. The molecular weight excluding hydrogens is 356 g/mol.